The summed E-state index contributed by atoms with van der Waals surface area (Å²) in [7, 11) is 0. The van der Waals surface area contributed by atoms with Gasteiger partial charge in [0.15, 0.2) is 5.82 Å². The first kappa shape index (κ1) is 19.0. The molecule has 150 valence electrons. The molecular formula is C22H24N4O3. The van der Waals surface area contributed by atoms with Crippen LogP contribution in [0.5, 0.6) is 11.8 Å². The Balaban J connectivity index is 1.87. The Bertz CT molecular complexity index is 1190. The smallest absolute Gasteiger partial charge is 0.319 e. The monoisotopic (exact) mass is 392 g/mol. The number of rotatable bonds is 5. The summed E-state index contributed by atoms with van der Waals surface area (Å²) in [5, 5.41) is 39.1. The van der Waals surface area contributed by atoms with E-state index in [2.05, 4.69) is 24.0 Å². The normalized spacial score (nSPS) is 11.6. The molecule has 3 N–H and O–H groups in total. The number of benzene rings is 2. The van der Waals surface area contributed by atoms with Crippen LogP contribution in [-0.2, 0) is 6.54 Å². The number of aromatic nitrogens is 4. The van der Waals surface area contributed by atoms with Gasteiger partial charge in [0.25, 0.3) is 0 Å². The van der Waals surface area contributed by atoms with Gasteiger partial charge in [0, 0.05) is 23.6 Å². The van der Waals surface area contributed by atoms with E-state index in [1.54, 1.807) is 6.07 Å². The maximum Gasteiger partial charge on any atom is 0.319 e. The molecule has 0 aliphatic carbocycles. The van der Waals surface area contributed by atoms with Crippen LogP contribution >= 0.6 is 0 Å². The number of phenolic OH excluding ortho intramolecular Hbond substituents is 1. The number of hydrogen-bond donors (Lipinski definition) is 3. The van der Waals surface area contributed by atoms with Gasteiger partial charge in [-0.3, -0.25) is 0 Å². The van der Waals surface area contributed by atoms with Crippen molar-refractivity contribution in [1.82, 2.24) is 19.3 Å². The lowest BCUT2D eigenvalue weighted by Gasteiger charge is -2.15. The lowest BCUT2D eigenvalue weighted by Crippen LogP contribution is -2.01. The number of phenols is 1. The van der Waals surface area contributed by atoms with Crippen molar-refractivity contribution in [3.05, 3.63) is 53.7 Å². The summed E-state index contributed by atoms with van der Waals surface area (Å²) in [5.41, 5.74) is 4.29. The lowest BCUT2D eigenvalue weighted by molar-refractivity contribution is 0.278. The van der Waals surface area contributed by atoms with Crippen molar-refractivity contribution in [3.63, 3.8) is 0 Å². The minimum Gasteiger partial charge on any atom is -0.507 e. The first-order valence-electron chi connectivity index (χ1n) is 9.59. The zero-order valence-electron chi connectivity index (χ0n) is 16.7. The molecule has 2 aromatic carbocycles. The predicted octanol–water partition coefficient (Wildman–Crippen LogP) is 3.72. The largest absolute Gasteiger partial charge is 0.507 e. The van der Waals surface area contributed by atoms with Crippen LogP contribution in [0.4, 0.5) is 0 Å². The molecule has 0 amide bonds. The van der Waals surface area contributed by atoms with E-state index in [1.165, 1.54) is 4.57 Å². The molecule has 0 atom stereocenters. The van der Waals surface area contributed by atoms with Crippen molar-refractivity contribution in [3.8, 4) is 28.8 Å². The van der Waals surface area contributed by atoms with E-state index >= 15 is 0 Å². The average molecular weight is 392 g/mol. The maximum atomic E-state index is 10.6. The highest BCUT2D eigenvalue weighted by Gasteiger charge is 2.20. The Morgan fingerprint density at radius 3 is 2.55 bits per heavy atom. The molecule has 0 spiro atoms. The van der Waals surface area contributed by atoms with Crippen LogP contribution in [0.25, 0.3) is 28.0 Å². The second-order valence-electron chi connectivity index (χ2n) is 7.52. The summed E-state index contributed by atoms with van der Waals surface area (Å²) in [6.45, 7) is 6.73. The zero-order valence-corrected chi connectivity index (χ0v) is 16.7. The summed E-state index contributed by atoms with van der Waals surface area (Å²) in [6, 6.07) is 11.0. The van der Waals surface area contributed by atoms with Crippen molar-refractivity contribution >= 4 is 10.9 Å². The maximum absolute atomic E-state index is 10.6. The number of aliphatic hydroxyl groups is 1. The Labute approximate surface area is 168 Å². The Kier molecular flexibility index (Phi) is 4.76. The molecule has 4 aromatic rings. The van der Waals surface area contributed by atoms with Gasteiger partial charge in [-0.2, -0.15) is 0 Å². The third-order valence-corrected chi connectivity index (χ3v) is 5.25. The second-order valence-corrected chi connectivity index (χ2v) is 7.52. The molecule has 0 radical (unpaired) electrons. The van der Waals surface area contributed by atoms with E-state index in [4.69, 9.17) is 0 Å². The fourth-order valence-electron chi connectivity index (χ4n) is 3.83. The lowest BCUT2D eigenvalue weighted by atomic mass is 9.95. The summed E-state index contributed by atoms with van der Waals surface area (Å²) in [5.74, 6) is 0.744. The topological polar surface area (TPSA) is 96.3 Å². The Morgan fingerprint density at radius 2 is 1.83 bits per heavy atom. The van der Waals surface area contributed by atoms with Crippen LogP contribution in [0, 0.1) is 6.92 Å². The van der Waals surface area contributed by atoms with Crippen molar-refractivity contribution in [2.45, 2.75) is 33.2 Å². The zero-order chi connectivity index (χ0) is 20.7. The number of aryl methyl sites for hydroxylation is 1. The van der Waals surface area contributed by atoms with Gasteiger partial charge < -0.3 is 19.9 Å². The van der Waals surface area contributed by atoms with Crippen molar-refractivity contribution < 1.29 is 15.3 Å². The van der Waals surface area contributed by atoms with E-state index in [9.17, 15) is 15.3 Å². The van der Waals surface area contributed by atoms with E-state index in [0.717, 1.165) is 22.0 Å². The molecular weight excluding hydrogens is 368 g/mol. The summed E-state index contributed by atoms with van der Waals surface area (Å²) in [6.07, 6.45) is 1.91. The average Bonchev–Trinajstić information content (AvgIpc) is 3.25. The number of aromatic hydroxyl groups is 2. The van der Waals surface area contributed by atoms with Gasteiger partial charge in [0.05, 0.1) is 17.9 Å². The van der Waals surface area contributed by atoms with Crippen LogP contribution in [0.15, 0.2) is 42.6 Å². The van der Waals surface area contributed by atoms with Gasteiger partial charge in [0.2, 0.25) is 0 Å². The summed E-state index contributed by atoms with van der Waals surface area (Å²) in [4.78, 5) is 0. The third kappa shape index (κ3) is 3.23. The molecule has 2 aromatic heterocycles. The highest BCUT2D eigenvalue weighted by Crippen LogP contribution is 2.36. The van der Waals surface area contributed by atoms with Crippen LogP contribution in [-0.4, -0.2) is 41.3 Å². The molecule has 0 unspecified atom stereocenters. The molecule has 0 bridgehead atoms. The van der Waals surface area contributed by atoms with Gasteiger partial charge in [0.1, 0.15) is 5.75 Å². The van der Waals surface area contributed by atoms with Crippen LogP contribution < -0.4 is 0 Å². The first-order chi connectivity index (χ1) is 13.9. The molecule has 0 saturated carbocycles. The minimum absolute atomic E-state index is 0.0623. The minimum atomic E-state index is -0.250. The SMILES string of the molecule is Cc1cc(O)c(-c2nnc(O)n2-c2ccc3c(ccn3CCO)c2)cc1C(C)C. The predicted molar refractivity (Wildman–Crippen MR) is 112 cm³/mol. The molecule has 0 saturated heterocycles. The number of fused-ring (bicyclic) bond motifs is 1. The summed E-state index contributed by atoms with van der Waals surface area (Å²) >= 11 is 0. The van der Waals surface area contributed by atoms with E-state index in [1.807, 2.05) is 48.0 Å². The van der Waals surface area contributed by atoms with E-state index < -0.39 is 0 Å². The van der Waals surface area contributed by atoms with Gasteiger partial charge >= 0.3 is 6.01 Å². The third-order valence-electron chi connectivity index (χ3n) is 5.25. The fourth-order valence-corrected chi connectivity index (χ4v) is 3.83. The van der Waals surface area contributed by atoms with Crippen LogP contribution in [0.3, 0.4) is 0 Å². The standard InChI is InChI=1S/C22H24N4O3/c1-13(2)17-12-18(20(28)10-14(17)3)21-23-24-22(29)26(21)16-4-5-19-15(11-16)6-7-25(19)8-9-27/h4-7,10-13,27-28H,8-9H2,1-3H3,(H,24,29). The van der Waals surface area contributed by atoms with Gasteiger partial charge in [-0.1, -0.05) is 18.9 Å². The van der Waals surface area contributed by atoms with E-state index in [-0.39, 0.29) is 24.3 Å². The number of hydrogen-bond acceptors (Lipinski definition) is 5. The molecule has 7 heteroatoms. The Morgan fingerprint density at radius 1 is 1.03 bits per heavy atom. The molecule has 0 aliphatic heterocycles. The molecule has 2 heterocycles. The van der Waals surface area contributed by atoms with Crippen molar-refractivity contribution in [1.29, 1.82) is 0 Å². The fraction of sp³-hybridized carbons (Fsp3) is 0.273. The number of nitrogens with zero attached hydrogens (tertiary/aromatic N) is 4. The molecule has 0 aliphatic rings. The molecule has 4 rings (SSSR count). The van der Waals surface area contributed by atoms with Crippen LogP contribution in [0.2, 0.25) is 0 Å². The van der Waals surface area contributed by atoms with Crippen molar-refractivity contribution in [2.75, 3.05) is 6.61 Å². The highest BCUT2D eigenvalue weighted by atomic mass is 16.3. The van der Waals surface area contributed by atoms with Gasteiger partial charge in [-0.05, 0) is 60.4 Å². The number of aliphatic hydroxyl groups excluding tert-OH is 1. The first-order valence-corrected chi connectivity index (χ1v) is 9.59. The quantitative estimate of drug-likeness (QED) is 0.481. The van der Waals surface area contributed by atoms with Crippen molar-refractivity contribution in [2.24, 2.45) is 0 Å². The second kappa shape index (κ2) is 7.25. The highest BCUT2D eigenvalue weighted by molar-refractivity contribution is 5.83. The summed E-state index contributed by atoms with van der Waals surface area (Å²) < 4.78 is 3.49. The van der Waals surface area contributed by atoms with Crippen LogP contribution in [0.1, 0.15) is 30.9 Å². The molecule has 7 nitrogen and oxygen atoms in total. The molecule has 0 fully saturated rings. The van der Waals surface area contributed by atoms with Gasteiger partial charge in [-0.15, -0.1) is 5.10 Å². The van der Waals surface area contributed by atoms with E-state index in [0.29, 0.717) is 23.6 Å². The van der Waals surface area contributed by atoms with Gasteiger partial charge in [-0.25, -0.2) is 4.57 Å². The Hall–Kier alpha value is -3.32. The molecule has 29 heavy (non-hydrogen) atoms.